The molecule has 0 bridgehead atoms. The maximum absolute atomic E-state index is 9.99. The first-order valence-electron chi connectivity index (χ1n) is 4.24. The van der Waals surface area contributed by atoms with E-state index >= 15 is 0 Å². The molecule has 8 nitrogen and oxygen atoms in total. The zero-order valence-electron chi connectivity index (χ0n) is 7.74. The van der Waals surface area contributed by atoms with E-state index in [0.717, 1.165) is 0 Å². The molecule has 0 unspecified atom stereocenters. The Balaban J connectivity index is 2.76. The maximum atomic E-state index is 9.99. The van der Waals surface area contributed by atoms with Crippen LogP contribution in [0, 0.1) is 0 Å². The SMILES string of the molecule is O=CNO[C@]1(CO)O[C@@H](CO)[C@@H](O)[C@@H]1O. The summed E-state index contributed by atoms with van der Waals surface area (Å²) in [4.78, 5) is 14.6. The Morgan fingerprint density at radius 2 is 2.13 bits per heavy atom. The molecule has 1 saturated heterocycles. The molecule has 0 aromatic heterocycles. The van der Waals surface area contributed by atoms with Crippen LogP contribution in [0.4, 0.5) is 0 Å². The molecule has 1 rings (SSSR count). The van der Waals surface area contributed by atoms with Gasteiger partial charge in [0.2, 0.25) is 12.2 Å². The topological polar surface area (TPSA) is 128 Å². The number of carbonyl (C=O) groups is 1. The molecule has 0 aromatic carbocycles. The molecule has 1 heterocycles. The van der Waals surface area contributed by atoms with Gasteiger partial charge in [-0.1, -0.05) is 0 Å². The minimum Gasteiger partial charge on any atom is -0.394 e. The Labute approximate surface area is 85.0 Å². The highest BCUT2D eigenvalue weighted by atomic mass is 16.8. The Hall–Kier alpha value is -0.770. The van der Waals surface area contributed by atoms with Crippen LogP contribution in [0.3, 0.4) is 0 Å². The molecular formula is C7H13NO7. The average Bonchev–Trinajstić information content (AvgIpc) is 2.51. The maximum Gasteiger partial charge on any atom is 0.246 e. The second-order valence-electron chi connectivity index (χ2n) is 3.08. The molecule has 0 radical (unpaired) electrons. The number of hydroxylamine groups is 1. The first-order valence-corrected chi connectivity index (χ1v) is 4.24. The molecule has 1 fully saturated rings. The van der Waals surface area contributed by atoms with Crippen molar-refractivity contribution in [1.29, 1.82) is 0 Å². The number of amides is 1. The minimum atomic E-state index is -1.95. The van der Waals surface area contributed by atoms with Gasteiger partial charge in [0.25, 0.3) is 0 Å². The number of ether oxygens (including phenoxy) is 1. The summed E-state index contributed by atoms with van der Waals surface area (Å²) in [6.07, 6.45) is -3.89. The smallest absolute Gasteiger partial charge is 0.246 e. The highest BCUT2D eigenvalue weighted by Crippen LogP contribution is 2.31. The van der Waals surface area contributed by atoms with Crippen LogP contribution in [0.15, 0.2) is 0 Å². The Bertz CT molecular complexity index is 225. The van der Waals surface area contributed by atoms with E-state index in [4.69, 9.17) is 14.9 Å². The summed E-state index contributed by atoms with van der Waals surface area (Å²) in [5.74, 6) is -1.95. The summed E-state index contributed by atoms with van der Waals surface area (Å²) < 4.78 is 4.93. The van der Waals surface area contributed by atoms with E-state index in [0.29, 0.717) is 0 Å². The zero-order valence-corrected chi connectivity index (χ0v) is 7.74. The molecule has 0 spiro atoms. The second-order valence-corrected chi connectivity index (χ2v) is 3.08. The van der Waals surface area contributed by atoms with Crippen molar-refractivity contribution in [2.45, 2.75) is 24.1 Å². The second kappa shape index (κ2) is 4.84. The van der Waals surface area contributed by atoms with Crippen LogP contribution < -0.4 is 5.48 Å². The standard InChI is InChI=1S/C7H13NO7/c9-1-4-5(12)6(13)7(2-10,14-4)15-8-3-11/h3-6,9-10,12-13H,1-2H2,(H,8,11)/t4-,5+,6-,7-/m0/s1. The van der Waals surface area contributed by atoms with E-state index in [1.54, 1.807) is 5.48 Å². The molecule has 1 aliphatic heterocycles. The van der Waals surface area contributed by atoms with E-state index in [2.05, 4.69) is 4.84 Å². The number of hydrogen-bond acceptors (Lipinski definition) is 7. The average molecular weight is 223 g/mol. The van der Waals surface area contributed by atoms with Crippen LogP contribution in [0.5, 0.6) is 0 Å². The molecule has 0 aliphatic carbocycles. The summed E-state index contributed by atoms with van der Waals surface area (Å²) in [6, 6.07) is 0. The molecule has 15 heavy (non-hydrogen) atoms. The predicted octanol–water partition coefficient (Wildman–Crippen LogP) is -3.53. The van der Waals surface area contributed by atoms with Gasteiger partial charge in [-0.25, -0.2) is 10.3 Å². The lowest BCUT2D eigenvalue weighted by molar-refractivity contribution is -0.295. The summed E-state index contributed by atoms with van der Waals surface area (Å²) in [7, 11) is 0. The van der Waals surface area contributed by atoms with Crippen LogP contribution in [0.2, 0.25) is 0 Å². The predicted molar refractivity (Wildman–Crippen MR) is 44.1 cm³/mol. The summed E-state index contributed by atoms with van der Waals surface area (Å²) in [5, 5.41) is 36.7. The van der Waals surface area contributed by atoms with Gasteiger partial charge in [-0.3, -0.25) is 4.79 Å². The van der Waals surface area contributed by atoms with Crippen molar-refractivity contribution in [1.82, 2.24) is 5.48 Å². The normalized spacial score (nSPS) is 40.4. The van der Waals surface area contributed by atoms with E-state index in [9.17, 15) is 15.0 Å². The van der Waals surface area contributed by atoms with Gasteiger partial charge in [0, 0.05) is 0 Å². The molecule has 1 aliphatic rings. The molecule has 0 aromatic rings. The Morgan fingerprint density at radius 1 is 1.47 bits per heavy atom. The Kier molecular flexibility index (Phi) is 3.97. The molecule has 0 saturated carbocycles. The number of hydrogen-bond donors (Lipinski definition) is 5. The van der Waals surface area contributed by atoms with Gasteiger partial charge >= 0.3 is 0 Å². The third-order valence-electron chi connectivity index (χ3n) is 2.19. The fraction of sp³-hybridized carbons (Fsp3) is 0.857. The van der Waals surface area contributed by atoms with E-state index in [1.165, 1.54) is 0 Å². The fourth-order valence-corrected chi connectivity index (χ4v) is 1.38. The van der Waals surface area contributed by atoms with Gasteiger partial charge in [0.05, 0.1) is 6.61 Å². The number of aliphatic hydroxyl groups excluding tert-OH is 4. The zero-order chi connectivity index (χ0) is 11.5. The van der Waals surface area contributed by atoms with Gasteiger partial charge in [-0.05, 0) is 0 Å². The fourth-order valence-electron chi connectivity index (χ4n) is 1.38. The van der Waals surface area contributed by atoms with Crippen molar-refractivity contribution in [3.63, 3.8) is 0 Å². The minimum absolute atomic E-state index is 0.173. The van der Waals surface area contributed by atoms with Crippen LogP contribution in [0.1, 0.15) is 0 Å². The third-order valence-corrected chi connectivity index (χ3v) is 2.19. The van der Waals surface area contributed by atoms with E-state index in [-0.39, 0.29) is 6.41 Å². The molecular weight excluding hydrogens is 210 g/mol. The van der Waals surface area contributed by atoms with Crippen molar-refractivity contribution >= 4 is 6.41 Å². The number of carbonyl (C=O) groups excluding carboxylic acids is 1. The Morgan fingerprint density at radius 3 is 2.53 bits per heavy atom. The molecule has 88 valence electrons. The first-order chi connectivity index (χ1) is 7.11. The van der Waals surface area contributed by atoms with Crippen molar-refractivity contribution in [2.75, 3.05) is 13.2 Å². The van der Waals surface area contributed by atoms with Crippen molar-refractivity contribution in [3.05, 3.63) is 0 Å². The molecule has 4 atom stereocenters. The molecule has 5 N–H and O–H groups in total. The lowest BCUT2D eigenvalue weighted by Gasteiger charge is -2.28. The molecule has 1 amide bonds. The van der Waals surface area contributed by atoms with E-state index < -0.39 is 37.3 Å². The third kappa shape index (κ3) is 2.09. The van der Waals surface area contributed by atoms with Gasteiger partial charge in [-0.2, -0.15) is 0 Å². The lowest BCUT2D eigenvalue weighted by atomic mass is 10.1. The van der Waals surface area contributed by atoms with Crippen LogP contribution in [-0.4, -0.2) is 64.1 Å². The van der Waals surface area contributed by atoms with Crippen molar-refractivity contribution < 1.29 is 34.8 Å². The summed E-state index contributed by atoms with van der Waals surface area (Å²) in [6.45, 7) is -1.34. The van der Waals surface area contributed by atoms with Crippen molar-refractivity contribution in [2.24, 2.45) is 0 Å². The highest BCUT2D eigenvalue weighted by molar-refractivity contribution is 5.43. The molecule has 8 heteroatoms. The van der Waals surface area contributed by atoms with Crippen LogP contribution in [-0.2, 0) is 14.4 Å². The quantitative estimate of drug-likeness (QED) is 0.241. The highest BCUT2D eigenvalue weighted by Gasteiger charge is 2.55. The number of aliphatic hydroxyl groups is 4. The van der Waals surface area contributed by atoms with Gasteiger partial charge in [-0.15, -0.1) is 0 Å². The summed E-state index contributed by atoms with van der Waals surface area (Å²) >= 11 is 0. The number of nitrogens with one attached hydrogen (secondary N) is 1. The largest absolute Gasteiger partial charge is 0.394 e. The lowest BCUT2D eigenvalue weighted by Crippen LogP contribution is -2.51. The van der Waals surface area contributed by atoms with Crippen LogP contribution >= 0.6 is 0 Å². The van der Waals surface area contributed by atoms with Gasteiger partial charge < -0.3 is 25.2 Å². The monoisotopic (exact) mass is 223 g/mol. The number of rotatable bonds is 5. The van der Waals surface area contributed by atoms with Crippen LogP contribution in [0.25, 0.3) is 0 Å². The first kappa shape index (κ1) is 12.3. The van der Waals surface area contributed by atoms with Gasteiger partial charge in [0.15, 0.2) is 0 Å². The van der Waals surface area contributed by atoms with Crippen molar-refractivity contribution in [3.8, 4) is 0 Å². The van der Waals surface area contributed by atoms with Gasteiger partial charge in [0.1, 0.15) is 24.9 Å². The van der Waals surface area contributed by atoms with E-state index in [1.807, 2.05) is 0 Å². The summed E-state index contributed by atoms with van der Waals surface area (Å²) in [5.41, 5.74) is 1.76.